The van der Waals surface area contributed by atoms with Crippen LogP contribution in [0.3, 0.4) is 0 Å². The van der Waals surface area contributed by atoms with Gasteiger partial charge in [-0.05, 0) is 38.8 Å². The van der Waals surface area contributed by atoms with Gasteiger partial charge < -0.3 is 5.32 Å². The van der Waals surface area contributed by atoms with Crippen molar-refractivity contribution in [1.29, 1.82) is 0 Å². The third kappa shape index (κ3) is 4.68. The fourth-order valence-electron chi connectivity index (χ4n) is 2.44. The van der Waals surface area contributed by atoms with Crippen LogP contribution in [0.1, 0.15) is 52.2 Å². The largest absolute Gasteiger partial charge is 0.352 e. The molecule has 0 saturated heterocycles. The lowest BCUT2D eigenvalue weighted by Gasteiger charge is -2.06. The molecule has 6 heteroatoms. The Labute approximate surface area is 147 Å². The van der Waals surface area contributed by atoms with Gasteiger partial charge in [0.05, 0.1) is 16.4 Å². The molecule has 0 spiro atoms. The quantitative estimate of drug-likeness (QED) is 0.775. The number of amides is 1. The van der Waals surface area contributed by atoms with Crippen LogP contribution in [0.4, 0.5) is 0 Å². The number of rotatable bonds is 7. The van der Waals surface area contributed by atoms with Gasteiger partial charge in [-0.25, -0.2) is 4.68 Å². The van der Waals surface area contributed by atoms with Crippen LogP contribution in [0.25, 0.3) is 0 Å². The van der Waals surface area contributed by atoms with Crippen molar-refractivity contribution in [3.63, 3.8) is 0 Å². The lowest BCUT2D eigenvalue weighted by Crippen LogP contribution is -2.24. The average molecular weight is 348 g/mol. The summed E-state index contributed by atoms with van der Waals surface area (Å²) in [7, 11) is 0. The molecule has 2 rings (SSSR count). The number of carbonyl (C=O) groups is 2. The van der Waals surface area contributed by atoms with Crippen LogP contribution in [0.15, 0.2) is 30.3 Å². The summed E-state index contributed by atoms with van der Waals surface area (Å²) < 4.78 is 1.38. The minimum Gasteiger partial charge on any atom is -0.352 e. The zero-order chi connectivity index (χ0) is 17.5. The molecule has 0 saturated carbocycles. The number of aromatic nitrogens is 2. The Morgan fingerprint density at radius 1 is 1.12 bits per heavy atom. The van der Waals surface area contributed by atoms with E-state index in [9.17, 15) is 9.59 Å². The van der Waals surface area contributed by atoms with E-state index in [2.05, 4.69) is 10.4 Å². The van der Waals surface area contributed by atoms with Crippen LogP contribution in [0.2, 0.25) is 5.02 Å². The van der Waals surface area contributed by atoms with E-state index in [1.807, 2.05) is 18.2 Å². The van der Waals surface area contributed by atoms with E-state index in [0.29, 0.717) is 34.9 Å². The number of unbranched alkanes of at least 4 members (excludes halogenated alkanes) is 2. The van der Waals surface area contributed by atoms with Crippen LogP contribution in [-0.4, -0.2) is 28.1 Å². The molecule has 0 atom stereocenters. The summed E-state index contributed by atoms with van der Waals surface area (Å²) in [5, 5.41) is 7.59. The second-order valence-electron chi connectivity index (χ2n) is 5.72. The summed E-state index contributed by atoms with van der Waals surface area (Å²) >= 11 is 6.05. The highest BCUT2D eigenvalue weighted by Crippen LogP contribution is 2.19. The van der Waals surface area contributed by atoms with Crippen molar-refractivity contribution in [2.45, 2.75) is 39.5 Å². The second kappa shape index (κ2) is 8.64. The highest BCUT2D eigenvalue weighted by atomic mass is 35.5. The van der Waals surface area contributed by atoms with E-state index < -0.39 is 0 Å². The highest BCUT2D eigenvalue weighted by molar-refractivity contribution is 6.32. The number of benzene rings is 1. The van der Waals surface area contributed by atoms with E-state index in [0.717, 1.165) is 19.3 Å². The molecule has 0 aliphatic heterocycles. The number of aryl methyl sites for hydroxylation is 1. The molecule has 2 aromatic rings. The molecule has 0 aliphatic rings. The Kier molecular flexibility index (Phi) is 6.55. The monoisotopic (exact) mass is 347 g/mol. The SMILES string of the molecule is Cc1nn(C(=O)CCCCCNC(=O)c2ccccc2)c(C)c1Cl. The predicted octanol–water partition coefficient (Wildman–Crippen LogP) is 3.78. The fourth-order valence-corrected chi connectivity index (χ4v) is 2.56. The summed E-state index contributed by atoms with van der Waals surface area (Å²) in [6.45, 7) is 4.18. The Balaban J connectivity index is 1.65. The van der Waals surface area contributed by atoms with Crippen molar-refractivity contribution >= 4 is 23.4 Å². The minimum absolute atomic E-state index is 0.0455. The molecule has 1 aromatic carbocycles. The maximum atomic E-state index is 12.1. The Morgan fingerprint density at radius 3 is 2.46 bits per heavy atom. The Hall–Kier alpha value is -2.14. The van der Waals surface area contributed by atoms with E-state index in [1.54, 1.807) is 26.0 Å². The minimum atomic E-state index is -0.0658. The van der Waals surface area contributed by atoms with Crippen molar-refractivity contribution in [2.24, 2.45) is 0 Å². The van der Waals surface area contributed by atoms with Gasteiger partial charge in [0, 0.05) is 18.5 Å². The molecule has 0 fully saturated rings. The van der Waals surface area contributed by atoms with Gasteiger partial charge in [0.25, 0.3) is 5.91 Å². The smallest absolute Gasteiger partial charge is 0.251 e. The van der Waals surface area contributed by atoms with E-state index in [1.165, 1.54) is 4.68 Å². The predicted molar refractivity (Wildman–Crippen MR) is 94.6 cm³/mol. The number of nitrogens with zero attached hydrogens (tertiary/aromatic N) is 2. The maximum absolute atomic E-state index is 12.1. The summed E-state index contributed by atoms with van der Waals surface area (Å²) in [6.07, 6.45) is 2.89. The Bertz CT molecular complexity index is 711. The summed E-state index contributed by atoms with van der Waals surface area (Å²) in [6, 6.07) is 9.13. The zero-order valence-corrected chi connectivity index (χ0v) is 14.8. The number of hydrogen-bond donors (Lipinski definition) is 1. The van der Waals surface area contributed by atoms with Gasteiger partial charge in [-0.2, -0.15) is 5.10 Å². The molecule has 1 amide bonds. The van der Waals surface area contributed by atoms with Crippen LogP contribution >= 0.6 is 11.6 Å². The van der Waals surface area contributed by atoms with Crippen molar-refractivity contribution in [2.75, 3.05) is 6.54 Å². The number of hydrogen-bond acceptors (Lipinski definition) is 3. The number of halogens is 1. The molecule has 1 N–H and O–H groups in total. The number of nitrogens with one attached hydrogen (secondary N) is 1. The Morgan fingerprint density at radius 2 is 1.83 bits per heavy atom. The molecular weight excluding hydrogens is 326 g/mol. The first-order valence-electron chi connectivity index (χ1n) is 8.09. The first-order chi connectivity index (χ1) is 11.5. The standard InChI is InChI=1S/C18H22ClN3O2/c1-13-17(19)14(2)22(21-13)16(23)11-7-4-8-12-20-18(24)15-9-5-3-6-10-15/h3,5-6,9-10H,4,7-8,11-12H2,1-2H3,(H,20,24). The van der Waals surface area contributed by atoms with Crippen LogP contribution in [0, 0.1) is 13.8 Å². The van der Waals surface area contributed by atoms with Gasteiger partial charge in [-0.15, -0.1) is 0 Å². The zero-order valence-electron chi connectivity index (χ0n) is 14.0. The van der Waals surface area contributed by atoms with Crippen molar-refractivity contribution in [3.8, 4) is 0 Å². The third-order valence-corrected chi connectivity index (χ3v) is 4.38. The molecule has 0 aliphatic carbocycles. The molecular formula is C18H22ClN3O2. The van der Waals surface area contributed by atoms with Crippen molar-refractivity contribution in [1.82, 2.24) is 15.1 Å². The summed E-state index contributed by atoms with van der Waals surface area (Å²) in [5.41, 5.74) is 2.02. The van der Waals surface area contributed by atoms with Crippen molar-refractivity contribution < 1.29 is 9.59 Å². The van der Waals surface area contributed by atoms with Gasteiger partial charge in [-0.3, -0.25) is 9.59 Å². The molecule has 0 unspecified atom stereocenters. The molecule has 5 nitrogen and oxygen atoms in total. The third-order valence-electron chi connectivity index (χ3n) is 3.83. The van der Waals surface area contributed by atoms with Crippen LogP contribution < -0.4 is 5.32 Å². The fraction of sp³-hybridized carbons (Fsp3) is 0.389. The van der Waals surface area contributed by atoms with Gasteiger partial charge in [0.1, 0.15) is 0 Å². The summed E-state index contributed by atoms with van der Waals surface area (Å²) in [4.78, 5) is 24.0. The van der Waals surface area contributed by atoms with Gasteiger partial charge >= 0.3 is 0 Å². The molecule has 0 bridgehead atoms. The first-order valence-corrected chi connectivity index (χ1v) is 8.46. The topological polar surface area (TPSA) is 64.0 Å². The average Bonchev–Trinajstić information content (AvgIpc) is 2.86. The molecule has 1 aromatic heterocycles. The second-order valence-corrected chi connectivity index (χ2v) is 6.10. The van der Waals surface area contributed by atoms with Gasteiger partial charge in [0.15, 0.2) is 0 Å². The van der Waals surface area contributed by atoms with E-state index in [-0.39, 0.29) is 11.8 Å². The van der Waals surface area contributed by atoms with Gasteiger partial charge in [0.2, 0.25) is 5.91 Å². The summed E-state index contributed by atoms with van der Waals surface area (Å²) in [5.74, 6) is -0.111. The van der Waals surface area contributed by atoms with E-state index >= 15 is 0 Å². The van der Waals surface area contributed by atoms with Crippen LogP contribution in [0.5, 0.6) is 0 Å². The molecule has 0 radical (unpaired) electrons. The van der Waals surface area contributed by atoms with E-state index in [4.69, 9.17) is 11.6 Å². The molecule has 1 heterocycles. The molecule has 24 heavy (non-hydrogen) atoms. The number of carbonyl (C=O) groups excluding carboxylic acids is 2. The molecule has 128 valence electrons. The first kappa shape index (κ1) is 18.2. The van der Waals surface area contributed by atoms with Crippen molar-refractivity contribution in [3.05, 3.63) is 52.3 Å². The van der Waals surface area contributed by atoms with Crippen LogP contribution in [-0.2, 0) is 0 Å². The van der Waals surface area contributed by atoms with Gasteiger partial charge in [-0.1, -0.05) is 36.2 Å². The normalized spacial score (nSPS) is 10.6. The lowest BCUT2D eigenvalue weighted by molar-refractivity contribution is 0.0878. The maximum Gasteiger partial charge on any atom is 0.251 e. The highest BCUT2D eigenvalue weighted by Gasteiger charge is 2.14. The lowest BCUT2D eigenvalue weighted by atomic mass is 10.1.